The van der Waals surface area contributed by atoms with Crippen molar-refractivity contribution in [2.24, 2.45) is 4.99 Å². The summed E-state index contributed by atoms with van der Waals surface area (Å²) in [5, 5.41) is 6.51. The van der Waals surface area contributed by atoms with Crippen molar-refractivity contribution in [2.75, 3.05) is 26.8 Å². The monoisotopic (exact) mass is 357 g/mol. The van der Waals surface area contributed by atoms with Gasteiger partial charge in [0.15, 0.2) is 5.96 Å². The molecule has 0 aliphatic carbocycles. The van der Waals surface area contributed by atoms with Gasteiger partial charge in [0.1, 0.15) is 0 Å². The Labute approximate surface area is 123 Å². The minimum absolute atomic E-state index is 0. The van der Waals surface area contributed by atoms with E-state index < -0.39 is 0 Å². The molecule has 0 aromatic carbocycles. The third kappa shape index (κ3) is 13.9. The number of nitrogens with zero attached hydrogens (tertiary/aromatic N) is 1. The average Bonchev–Trinajstić information content (AvgIpc) is 2.19. The van der Waals surface area contributed by atoms with Gasteiger partial charge >= 0.3 is 0 Å². The minimum Gasteiger partial charge on any atom is -0.380 e. The summed E-state index contributed by atoms with van der Waals surface area (Å²) in [7, 11) is 1.78. The predicted octanol–water partition coefficient (Wildman–Crippen LogP) is 2.38. The van der Waals surface area contributed by atoms with Crippen LogP contribution in [0.15, 0.2) is 4.99 Å². The Balaban J connectivity index is 0. The lowest BCUT2D eigenvalue weighted by molar-refractivity contribution is 0.135. The van der Waals surface area contributed by atoms with Crippen LogP contribution >= 0.6 is 24.0 Å². The van der Waals surface area contributed by atoms with Gasteiger partial charge in [-0.05, 0) is 27.2 Å². The molecule has 0 bridgehead atoms. The van der Waals surface area contributed by atoms with E-state index in [0.29, 0.717) is 0 Å². The number of hydrogen-bond donors (Lipinski definition) is 2. The van der Waals surface area contributed by atoms with Gasteiger partial charge < -0.3 is 15.4 Å². The first-order valence-electron chi connectivity index (χ1n) is 6.06. The Morgan fingerprint density at radius 2 is 1.88 bits per heavy atom. The zero-order chi connectivity index (χ0) is 12.4. The van der Waals surface area contributed by atoms with Crippen molar-refractivity contribution in [2.45, 2.75) is 46.1 Å². The number of halogens is 1. The molecule has 0 heterocycles. The smallest absolute Gasteiger partial charge is 0.191 e. The highest BCUT2D eigenvalue weighted by Crippen LogP contribution is 1.97. The molecule has 0 rings (SSSR count). The van der Waals surface area contributed by atoms with Crippen LogP contribution in [0.4, 0.5) is 0 Å². The molecule has 0 radical (unpaired) electrons. The van der Waals surface area contributed by atoms with Crippen LogP contribution in [0.2, 0.25) is 0 Å². The number of aliphatic imine (C=N–C) groups is 1. The van der Waals surface area contributed by atoms with Gasteiger partial charge in [0.25, 0.3) is 0 Å². The number of rotatable bonds is 6. The molecule has 0 spiro atoms. The summed E-state index contributed by atoms with van der Waals surface area (Å²) < 4.78 is 5.45. The van der Waals surface area contributed by atoms with Gasteiger partial charge in [-0.1, -0.05) is 13.3 Å². The first kappa shape index (κ1) is 19.3. The molecule has 2 N–H and O–H groups in total. The molecule has 17 heavy (non-hydrogen) atoms. The summed E-state index contributed by atoms with van der Waals surface area (Å²) in [6.07, 6.45) is 2.32. The zero-order valence-corrected chi connectivity index (χ0v) is 14.1. The van der Waals surface area contributed by atoms with Crippen molar-refractivity contribution in [3.63, 3.8) is 0 Å². The highest BCUT2D eigenvalue weighted by molar-refractivity contribution is 14.0. The van der Waals surface area contributed by atoms with E-state index in [1.807, 2.05) is 0 Å². The van der Waals surface area contributed by atoms with Gasteiger partial charge in [0, 0.05) is 25.7 Å². The summed E-state index contributed by atoms with van der Waals surface area (Å²) in [6, 6.07) is 0. The van der Waals surface area contributed by atoms with Gasteiger partial charge in [-0.15, -0.1) is 24.0 Å². The third-order valence-corrected chi connectivity index (χ3v) is 1.90. The maximum atomic E-state index is 5.45. The number of ether oxygens (including phenoxy) is 1. The Hall–Kier alpha value is -0.0400. The zero-order valence-electron chi connectivity index (χ0n) is 11.8. The highest BCUT2D eigenvalue weighted by Gasteiger charge is 2.10. The maximum absolute atomic E-state index is 5.45. The molecule has 0 saturated carbocycles. The summed E-state index contributed by atoms with van der Waals surface area (Å²) >= 11 is 0. The second-order valence-corrected chi connectivity index (χ2v) is 4.84. The Bertz CT molecular complexity index is 202. The van der Waals surface area contributed by atoms with Crippen LogP contribution in [-0.4, -0.2) is 38.3 Å². The van der Waals surface area contributed by atoms with E-state index in [0.717, 1.165) is 32.1 Å². The Morgan fingerprint density at radius 1 is 1.24 bits per heavy atom. The fraction of sp³-hybridized carbons (Fsp3) is 0.917. The van der Waals surface area contributed by atoms with E-state index in [-0.39, 0.29) is 29.5 Å². The fourth-order valence-electron chi connectivity index (χ4n) is 1.12. The molecule has 0 amide bonds. The van der Waals surface area contributed by atoms with E-state index in [4.69, 9.17) is 4.74 Å². The normalized spacial score (nSPS) is 11.9. The molecule has 0 unspecified atom stereocenters. The largest absolute Gasteiger partial charge is 0.380 e. The summed E-state index contributed by atoms with van der Waals surface area (Å²) in [4.78, 5) is 4.15. The van der Waals surface area contributed by atoms with Crippen LogP contribution in [0.1, 0.15) is 40.5 Å². The molecule has 0 saturated heterocycles. The van der Waals surface area contributed by atoms with Crippen LogP contribution < -0.4 is 10.6 Å². The number of nitrogens with one attached hydrogen (secondary N) is 2. The molecule has 0 aliphatic heterocycles. The summed E-state index contributed by atoms with van der Waals surface area (Å²) in [6.45, 7) is 10.9. The minimum atomic E-state index is 0. The van der Waals surface area contributed by atoms with Crippen molar-refractivity contribution >= 4 is 29.9 Å². The topological polar surface area (TPSA) is 45.6 Å². The van der Waals surface area contributed by atoms with Gasteiger partial charge in [-0.3, -0.25) is 4.99 Å². The lowest BCUT2D eigenvalue weighted by atomic mass is 10.1. The van der Waals surface area contributed by atoms with E-state index in [9.17, 15) is 0 Å². The Kier molecular flexibility index (Phi) is 12.6. The van der Waals surface area contributed by atoms with E-state index >= 15 is 0 Å². The van der Waals surface area contributed by atoms with Gasteiger partial charge in [-0.2, -0.15) is 0 Å². The quantitative estimate of drug-likeness (QED) is 0.332. The highest BCUT2D eigenvalue weighted by atomic mass is 127. The van der Waals surface area contributed by atoms with Crippen LogP contribution in [0, 0.1) is 0 Å². The first-order chi connectivity index (χ1) is 7.49. The molecule has 4 nitrogen and oxygen atoms in total. The number of unbranched alkanes of at least 4 members (excludes halogenated alkanes) is 1. The molecular formula is C12H28IN3O. The molecule has 0 aromatic rings. The maximum Gasteiger partial charge on any atom is 0.191 e. The summed E-state index contributed by atoms with van der Waals surface area (Å²) in [5.41, 5.74) is 0.0326. The molecule has 0 fully saturated rings. The van der Waals surface area contributed by atoms with E-state index in [1.165, 1.54) is 6.42 Å². The van der Waals surface area contributed by atoms with Gasteiger partial charge in [-0.25, -0.2) is 0 Å². The van der Waals surface area contributed by atoms with Crippen molar-refractivity contribution in [1.29, 1.82) is 0 Å². The van der Waals surface area contributed by atoms with Crippen molar-refractivity contribution in [1.82, 2.24) is 10.6 Å². The number of guanidine groups is 1. The second kappa shape index (κ2) is 11.1. The van der Waals surface area contributed by atoms with Crippen molar-refractivity contribution in [3.8, 4) is 0 Å². The SMILES string of the molecule is CCCCOCCNC(=NC)NC(C)(C)C.I. The average molecular weight is 357 g/mol. The molecular weight excluding hydrogens is 329 g/mol. The molecule has 0 aliphatic rings. The van der Waals surface area contributed by atoms with Crippen molar-refractivity contribution < 1.29 is 4.74 Å². The molecule has 0 atom stereocenters. The Morgan fingerprint density at radius 3 is 2.35 bits per heavy atom. The molecule has 0 aromatic heterocycles. The molecule has 5 heteroatoms. The van der Waals surface area contributed by atoms with Crippen molar-refractivity contribution in [3.05, 3.63) is 0 Å². The predicted molar refractivity (Wildman–Crippen MR) is 85.4 cm³/mol. The van der Waals surface area contributed by atoms with E-state index in [1.54, 1.807) is 7.05 Å². The van der Waals surface area contributed by atoms with Crippen LogP contribution in [0.5, 0.6) is 0 Å². The fourth-order valence-corrected chi connectivity index (χ4v) is 1.12. The van der Waals surface area contributed by atoms with Gasteiger partial charge in [0.05, 0.1) is 6.61 Å². The van der Waals surface area contributed by atoms with Crippen LogP contribution in [0.25, 0.3) is 0 Å². The first-order valence-corrected chi connectivity index (χ1v) is 6.06. The third-order valence-electron chi connectivity index (χ3n) is 1.90. The number of hydrogen-bond acceptors (Lipinski definition) is 2. The summed E-state index contributed by atoms with van der Waals surface area (Å²) in [5.74, 6) is 0.826. The molecule has 104 valence electrons. The second-order valence-electron chi connectivity index (χ2n) is 4.84. The van der Waals surface area contributed by atoms with Crippen LogP contribution in [0.3, 0.4) is 0 Å². The standard InChI is InChI=1S/C12H27N3O.HI/c1-6-7-9-16-10-8-14-11(13-5)15-12(2,3)4;/h6-10H2,1-5H3,(H2,13,14,15);1H. The van der Waals surface area contributed by atoms with Gasteiger partial charge in [0.2, 0.25) is 0 Å². The lowest BCUT2D eigenvalue weighted by Gasteiger charge is -2.23. The van der Waals surface area contributed by atoms with E-state index in [2.05, 4.69) is 43.3 Å². The lowest BCUT2D eigenvalue weighted by Crippen LogP contribution is -2.48. The van der Waals surface area contributed by atoms with Crippen LogP contribution in [-0.2, 0) is 4.74 Å².